The number of carbonyl (C=O) groups is 1. The monoisotopic (exact) mass is 365 g/mol. The van der Waals surface area contributed by atoms with Crippen molar-refractivity contribution < 1.29 is 14.6 Å². The van der Waals surface area contributed by atoms with Crippen LogP contribution in [-0.2, 0) is 4.74 Å². The molecule has 140 valence electrons. The lowest BCUT2D eigenvalue weighted by molar-refractivity contribution is -0.0394. The maximum absolute atomic E-state index is 12.9. The zero-order valence-electron chi connectivity index (χ0n) is 15.4. The number of nitrogens with zero attached hydrogens (tertiary/aromatic N) is 3. The van der Waals surface area contributed by atoms with Gasteiger partial charge in [-0.05, 0) is 26.0 Å². The van der Waals surface area contributed by atoms with Crippen LogP contribution in [0.3, 0.4) is 0 Å². The van der Waals surface area contributed by atoms with E-state index in [2.05, 4.69) is 4.98 Å². The number of fused-ring (bicyclic) bond motifs is 1. The molecule has 1 saturated heterocycles. The molecule has 0 bridgehead atoms. The first-order valence-corrected chi connectivity index (χ1v) is 9.18. The SMILES string of the molecule is CC(C)O[C@H]1CN(C(=O)c2ccc3nc(-c4ccccc4)cn3c2)C[C@@H]1O. The highest BCUT2D eigenvalue weighted by molar-refractivity contribution is 5.94. The van der Waals surface area contributed by atoms with Crippen molar-refractivity contribution in [1.82, 2.24) is 14.3 Å². The third-order valence-electron chi connectivity index (χ3n) is 4.74. The summed E-state index contributed by atoms with van der Waals surface area (Å²) in [6.07, 6.45) is 2.73. The van der Waals surface area contributed by atoms with E-state index in [1.807, 2.05) is 60.8 Å². The van der Waals surface area contributed by atoms with Crippen LogP contribution in [0.5, 0.6) is 0 Å². The summed E-state index contributed by atoms with van der Waals surface area (Å²) >= 11 is 0. The summed E-state index contributed by atoms with van der Waals surface area (Å²) in [4.78, 5) is 19.1. The Balaban J connectivity index is 1.56. The number of β-amino-alcohol motifs (C(OH)–C–C–N with tert-alkyl or cyclic N) is 1. The van der Waals surface area contributed by atoms with Crippen molar-refractivity contribution in [1.29, 1.82) is 0 Å². The van der Waals surface area contributed by atoms with Gasteiger partial charge in [0, 0.05) is 31.0 Å². The minimum absolute atomic E-state index is 0.0124. The molecule has 0 aliphatic carbocycles. The number of rotatable bonds is 4. The topological polar surface area (TPSA) is 67.1 Å². The number of aliphatic hydroxyl groups excluding tert-OH is 1. The average Bonchev–Trinajstić information content (AvgIpc) is 3.24. The fourth-order valence-electron chi connectivity index (χ4n) is 3.45. The van der Waals surface area contributed by atoms with Crippen LogP contribution >= 0.6 is 0 Å². The molecule has 1 fully saturated rings. The quantitative estimate of drug-likeness (QED) is 0.772. The second-order valence-corrected chi connectivity index (χ2v) is 7.18. The van der Waals surface area contributed by atoms with E-state index in [9.17, 15) is 9.90 Å². The van der Waals surface area contributed by atoms with E-state index in [0.29, 0.717) is 12.1 Å². The molecule has 2 atom stereocenters. The van der Waals surface area contributed by atoms with Crippen LogP contribution < -0.4 is 0 Å². The number of ether oxygens (including phenoxy) is 1. The first kappa shape index (κ1) is 17.7. The molecule has 6 heteroatoms. The first-order chi connectivity index (χ1) is 13.0. The summed E-state index contributed by atoms with van der Waals surface area (Å²) in [7, 11) is 0. The normalized spacial score (nSPS) is 19.9. The fourth-order valence-corrected chi connectivity index (χ4v) is 3.45. The van der Waals surface area contributed by atoms with Crippen LogP contribution in [0.4, 0.5) is 0 Å². The van der Waals surface area contributed by atoms with Crippen molar-refractivity contribution in [2.45, 2.75) is 32.2 Å². The van der Waals surface area contributed by atoms with Gasteiger partial charge in [0.05, 0.1) is 23.5 Å². The van der Waals surface area contributed by atoms with Crippen molar-refractivity contribution >= 4 is 11.6 Å². The molecule has 1 aliphatic rings. The summed E-state index contributed by atoms with van der Waals surface area (Å²) in [5.74, 6) is -0.110. The molecule has 2 aromatic heterocycles. The number of aliphatic hydroxyl groups is 1. The number of amides is 1. The molecule has 0 saturated carbocycles. The van der Waals surface area contributed by atoms with Gasteiger partial charge in [-0.15, -0.1) is 0 Å². The highest BCUT2D eigenvalue weighted by Crippen LogP contribution is 2.21. The molecule has 4 rings (SSSR count). The lowest BCUT2D eigenvalue weighted by Crippen LogP contribution is -2.31. The predicted octanol–water partition coefficient (Wildman–Crippen LogP) is 2.61. The Kier molecular flexibility index (Phi) is 4.68. The second kappa shape index (κ2) is 7.13. The third-order valence-corrected chi connectivity index (χ3v) is 4.74. The van der Waals surface area contributed by atoms with Gasteiger partial charge in [-0.1, -0.05) is 30.3 Å². The van der Waals surface area contributed by atoms with Gasteiger partial charge in [0.2, 0.25) is 0 Å². The molecule has 0 spiro atoms. The third kappa shape index (κ3) is 3.59. The molecule has 27 heavy (non-hydrogen) atoms. The van der Waals surface area contributed by atoms with Gasteiger partial charge >= 0.3 is 0 Å². The fraction of sp³-hybridized carbons (Fsp3) is 0.333. The van der Waals surface area contributed by atoms with E-state index < -0.39 is 6.10 Å². The number of hydrogen-bond donors (Lipinski definition) is 1. The molecule has 1 N–H and O–H groups in total. The molecule has 1 aromatic carbocycles. The summed E-state index contributed by atoms with van der Waals surface area (Å²) in [5.41, 5.74) is 3.25. The Morgan fingerprint density at radius 1 is 1.15 bits per heavy atom. The van der Waals surface area contributed by atoms with Crippen molar-refractivity contribution in [3.05, 3.63) is 60.4 Å². The minimum atomic E-state index is -0.655. The van der Waals surface area contributed by atoms with E-state index in [0.717, 1.165) is 16.9 Å². The van der Waals surface area contributed by atoms with Crippen LogP contribution in [-0.4, -0.2) is 56.7 Å². The Hall–Kier alpha value is -2.70. The summed E-state index contributed by atoms with van der Waals surface area (Å²) in [5, 5.41) is 10.2. The maximum Gasteiger partial charge on any atom is 0.255 e. The number of hydrogen-bond acceptors (Lipinski definition) is 4. The summed E-state index contributed by atoms with van der Waals surface area (Å²) < 4.78 is 7.57. The van der Waals surface area contributed by atoms with Crippen LogP contribution in [0.15, 0.2) is 54.9 Å². The van der Waals surface area contributed by atoms with Gasteiger partial charge < -0.3 is 19.1 Å². The van der Waals surface area contributed by atoms with Crippen LogP contribution in [0.25, 0.3) is 16.9 Å². The number of pyridine rings is 1. The molecule has 0 radical (unpaired) electrons. The number of imidazole rings is 1. The molecule has 3 heterocycles. The molecular formula is C21H23N3O3. The Labute approximate surface area is 158 Å². The molecule has 1 aliphatic heterocycles. The first-order valence-electron chi connectivity index (χ1n) is 9.18. The lowest BCUT2D eigenvalue weighted by Gasteiger charge is -2.18. The van der Waals surface area contributed by atoms with Crippen LogP contribution in [0.2, 0.25) is 0 Å². The predicted molar refractivity (Wildman–Crippen MR) is 103 cm³/mol. The molecule has 6 nitrogen and oxygen atoms in total. The van der Waals surface area contributed by atoms with Crippen molar-refractivity contribution in [2.75, 3.05) is 13.1 Å². The zero-order chi connectivity index (χ0) is 19.0. The van der Waals surface area contributed by atoms with Gasteiger partial charge in [0.15, 0.2) is 0 Å². The molecule has 0 unspecified atom stereocenters. The Morgan fingerprint density at radius 2 is 1.93 bits per heavy atom. The zero-order valence-corrected chi connectivity index (χ0v) is 15.4. The minimum Gasteiger partial charge on any atom is -0.388 e. The van der Waals surface area contributed by atoms with E-state index in [1.165, 1.54) is 0 Å². The maximum atomic E-state index is 12.9. The number of likely N-dealkylation sites (tertiary alicyclic amines) is 1. The van der Waals surface area contributed by atoms with E-state index >= 15 is 0 Å². The van der Waals surface area contributed by atoms with Gasteiger partial charge in [-0.2, -0.15) is 0 Å². The van der Waals surface area contributed by atoms with Gasteiger partial charge in [-0.3, -0.25) is 4.79 Å². The Bertz CT molecular complexity index is 952. The second-order valence-electron chi connectivity index (χ2n) is 7.18. The Morgan fingerprint density at radius 3 is 2.67 bits per heavy atom. The van der Waals surface area contributed by atoms with E-state index in [4.69, 9.17) is 4.74 Å². The highest BCUT2D eigenvalue weighted by atomic mass is 16.5. The van der Waals surface area contributed by atoms with E-state index in [-0.39, 0.29) is 24.7 Å². The van der Waals surface area contributed by atoms with Gasteiger partial charge in [0.1, 0.15) is 11.8 Å². The summed E-state index contributed by atoms with van der Waals surface area (Å²) in [6.45, 7) is 4.53. The number of aromatic nitrogens is 2. The van der Waals surface area contributed by atoms with E-state index in [1.54, 1.807) is 17.2 Å². The molecule has 3 aromatic rings. The molecular weight excluding hydrogens is 342 g/mol. The van der Waals surface area contributed by atoms with Crippen LogP contribution in [0, 0.1) is 0 Å². The molecule has 1 amide bonds. The average molecular weight is 365 g/mol. The van der Waals surface area contributed by atoms with Crippen molar-refractivity contribution in [3.63, 3.8) is 0 Å². The van der Waals surface area contributed by atoms with Crippen LogP contribution in [0.1, 0.15) is 24.2 Å². The number of benzene rings is 1. The van der Waals surface area contributed by atoms with Gasteiger partial charge in [0.25, 0.3) is 5.91 Å². The lowest BCUT2D eigenvalue weighted by atomic mass is 10.2. The van der Waals surface area contributed by atoms with Crippen molar-refractivity contribution in [2.24, 2.45) is 0 Å². The summed E-state index contributed by atoms with van der Waals surface area (Å²) in [6, 6.07) is 13.6. The number of carbonyl (C=O) groups excluding carboxylic acids is 1. The highest BCUT2D eigenvalue weighted by Gasteiger charge is 2.35. The van der Waals surface area contributed by atoms with Gasteiger partial charge in [-0.25, -0.2) is 4.98 Å². The smallest absolute Gasteiger partial charge is 0.255 e. The largest absolute Gasteiger partial charge is 0.388 e. The standard InChI is InChI=1S/C21H23N3O3/c1-14(2)27-19-13-24(12-18(19)25)21(26)16-8-9-20-22-17(11-23(20)10-16)15-6-4-3-5-7-15/h3-11,14,18-19,25H,12-13H2,1-2H3/t18-,19-/m0/s1. The van der Waals surface area contributed by atoms with Crippen molar-refractivity contribution in [3.8, 4) is 11.3 Å².